The van der Waals surface area contributed by atoms with Crippen LogP contribution in [0.4, 0.5) is 0 Å². The second-order valence-corrected chi connectivity index (χ2v) is 5.04. The first-order valence-electron chi connectivity index (χ1n) is 5.27. The quantitative estimate of drug-likeness (QED) is 0.835. The molecule has 1 rings (SSSR count). The van der Waals surface area contributed by atoms with Gasteiger partial charge in [0.15, 0.2) is 5.69 Å². The number of nitrogens with zero attached hydrogens (tertiary/aromatic N) is 3. The van der Waals surface area contributed by atoms with Gasteiger partial charge in [-0.15, -0.1) is 0 Å². The van der Waals surface area contributed by atoms with Gasteiger partial charge < -0.3 is 10.6 Å². The summed E-state index contributed by atoms with van der Waals surface area (Å²) in [4.78, 5) is 13.8. The van der Waals surface area contributed by atoms with E-state index in [1.807, 2.05) is 20.8 Å². The van der Waals surface area contributed by atoms with Crippen LogP contribution in [0.2, 0.25) is 0 Å². The molecule has 1 amide bonds. The van der Waals surface area contributed by atoms with Gasteiger partial charge >= 0.3 is 0 Å². The molecular weight excluding hydrogens is 224 g/mol. The van der Waals surface area contributed by atoms with E-state index in [0.717, 1.165) is 11.7 Å². The molecule has 0 aliphatic carbocycles. The van der Waals surface area contributed by atoms with Gasteiger partial charge in [0, 0.05) is 13.1 Å². The Balaban J connectivity index is 2.72. The van der Waals surface area contributed by atoms with Crippen molar-refractivity contribution in [2.24, 2.45) is 11.1 Å². The lowest BCUT2D eigenvalue weighted by Gasteiger charge is -2.30. The van der Waals surface area contributed by atoms with E-state index in [1.165, 1.54) is 6.20 Å². The summed E-state index contributed by atoms with van der Waals surface area (Å²) in [6, 6.07) is 0. The molecule has 0 saturated carbocycles. The van der Waals surface area contributed by atoms with Gasteiger partial charge in [-0.3, -0.25) is 4.79 Å². The third-order valence-corrected chi connectivity index (χ3v) is 2.90. The highest BCUT2D eigenvalue weighted by molar-refractivity contribution is 6.99. The molecule has 1 aromatic heterocycles. The van der Waals surface area contributed by atoms with Gasteiger partial charge in [-0.2, -0.15) is 8.75 Å². The standard InChI is InChI=1S/C10H18N4OS/c1-4-14(7-10(2,3)6-11)9(15)8-5-12-16-13-8/h5H,4,6-7,11H2,1-3H3. The number of aromatic nitrogens is 2. The minimum absolute atomic E-state index is 0.0715. The molecule has 6 heteroatoms. The van der Waals surface area contributed by atoms with Crippen LogP contribution in [-0.4, -0.2) is 39.2 Å². The lowest BCUT2D eigenvalue weighted by Crippen LogP contribution is -2.42. The molecule has 0 atom stereocenters. The summed E-state index contributed by atoms with van der Waals surface area (Å²) in [6.45, 7) is 7.87. The zero-order valence-electron chi connectivity index (χ0n) is 9.93. The topological polar surface area (TPSA) is 72.1 Å². The average Bonchev–Trinajstić information content (AvgIpc) is 2.78. The number of amides is 1. The molecule has 0 aliphatic rings. The molecule has 0 saturated heterocycles. The fraction of sp³-hybridized carbons (Fsp3) is 0.700. The maximum absolute atomic E-state index is 12.0. The maximum atomic E-state index is 12.0. The summed E-state index contributed by atoms with van der Waals surface area (Å²) >= 11 is 1.05. The van der Waals surface area contributed by atoms with E-state index in [4.69, 9.17) is 5.73 Å². The Bertz CT molecular complexity index is 337. The van der Waals surface area contributed by atoms with Crippen LogP contribution >= 0.6 is 11.7 Å². The SMILES string of the molecule is CCN(CC(C)(C)CN)C(=O)c1cnsn1. The second kappa shape index (κ2) is 5.36. The van der Waals surface area contributed by atoms with Crippen molar-refractivity contribution in [1.82, 2.24) is 13.6 Å². The summed E-state index contributed by atoms with van der Waals surface area (Å²) in [5.74, 6) is -0.0715. The average molecular weight is 242 g/mol. The fourth-order valence-corrected chi connectivity index (χ4v) is 1.74. The smallest absolute Gasteiger partial charge is 0.275 e. The van der Waals surface area contributed by atoms with E-state index in [2.05, 4.69) is 8.75 Å². The third-order valence-electron chi connectivity index (χ3n) is 2.42. The molecule has 0 aliphatic heterocycles. The summed E-state index contributed by atoms with van der Waals surface area (Å²) in [5, 5.41) is 0. The van der Waals surface area contributed by atoms with Crippen LogP contribution in [0.25, 0.3) is 0 Å². The predicted octanol–water partition coefficient (Wildman–Crippen LogP) is 0.985. The van der Waals surface area contributed by atoms with Crippen LogP contribution in [0.15, 0.2) is 6.20 Å². The number of nitrogens with two attached hydrogens (primary N) is 1. The van der Waals surface area contributed by atoms with Gasteiger partial charge in [0.05, 0.1) is 17.9 Å². The van der Waals surface area contributed by atoms with Crippen molar-refractivity contribution in [3.8, 4) is 0 Å². The number of carbonyl (C=O) groups excluding carboxylic acids is 1. The van der Waals surface area contributed by atoms with Gasteiger partial charge in [0.1, 0.15) is 0 Å². The Morgan fingerprint density at radius 2 is 2.31 bits per heavy atom. The molecule has 90 valence electrons. The van der Waals surface area contributed by atoms with Crippen LogP contribution in [-0.2, 0) is 0 Å². The molecule has 0 radical (unpaired) electrons. The van der Waals surface area contributed by atoms with E-state index < -0.39 is 0 Å². The Kier molecular flexibility index (Phi) is 4.37. The normalized spacial score (nSPS) is 11.5. The Hall–Kier alpha value is -1.01. The zero-order chi connectivity index (χ0) is 12.2. The first-order chi connectivity index (χ1) is 7.50. The fourth-order valence-electron chi connectivity index (χ4n) is 1.33. The molecular formula is C10H18N4OS. The summed E-state index contributed by atoms with van der Waals surface area (Å²) < 4.78 is 7.78. The number of rotatable bonds is 5. The van der Waals surface area contributed by atoms with Gasteiger partial charge in [-0.1, -0.05) is 13.8 Å². The van der Waals surface area contributed by atoms with E-state index >= 15 is 0 Å². The lowest BCUT2D eigenvalue weighted by molar-refractivity contribution is 0.0696. The Morgan fingerprint density at radius 3 is 2.75 bits per heavy atom. The summed E-state index contributed by atoms with van der Waals surface area (Å²) in [6.07, 6.45) is 1.51. The largest absolute Gasteiger partial charge is 0.337 e. The monoisotopic (exact) mass is 242 g/mol. The highest BCUT2D eigenvalue weighted by atomic mass is 32.1. The van der Waals surface area contributed by atoms with Gasteiger partial charge in [0.2, 0.25) is 0 Å². The molecule has 0 fully saturated rings. The third kappa shape index (κ3) is 3.24. The van der Waals surface area contributed by atoms with E-state index in [-0.39, 0.29) is 11.3 Å². The van der Waals surface area contributed by atoms with E-state index in [1.54, 1.807) is 4.90 Å². The van der Waals surface area contributed by atoms with Crippen molar-refractivity contribution < 1.29 is 4.79 Å². The summed E-state index contributed by atoms with van der Waals surface area (Å²) in [5.41, 5.74) is 6.01. The highest BCUT2D eigenvalue weighted by Crippen LogP contribution is 2.16. The first kappa shape index (κ1) is 13.1. The zero-order valence-corrected chi connectivity index (χ0v) is 10.8. The van der Waals surface area contributed by atoms with Crippen molar-refractivity contribution in [3.63, 3.8) is 0 Å². The summed E-state index contributed by atoms with van der Waals surface area (Å²) in [7, 11) is 0. The molecule has 0 bridgehead atoms. The van der Waals surface area contributed by atoms with Crippen molar-refractivity contribution in [2.75, 3.05) is 19.6 Å². The Morgan fingerprint density at radius 1 is 1.62 bits per heavy atom. The van der Waals surface area contributed by atoms with Crippen molar-refractivity contribution in [1.29, 1.82) is 0 Å². The molecule has 1 heterocycles. The van der Waals surface area contributed by atoms with Crippen LogP contribution in [0.5, 0.6) is 0 Å². The Labute approximate surface area is 100.0 Å². The highest BCUT2D eigenvalue weighted by Gasteiger charge is 2.24. The minimum atomic E-state index is -0.0743. The number of hydrogen-bond acceptors (Lipinski definition) is 5. The predicted molar refractivity (Wildman–Crippen MR) is 64.3 cm³/mol. The minimum Gasteiger partial charge on any atom is -0.337 e. The molecule has 5 nitrogen and oxygen atoms in total. The molecule has 2 N–H and O–H groups in total. The second-order valence-electron chi connectivity index (χ2n) is 4.48. The molecule has 0 unspecified atom stereocenters. The van der Waals surface area contributed by atoms with Crippen molar-refractivity contribution >= 4 is 17.6 Å². The van der Waals surface area contributed by atoms with Gasteiger partial charge in [-0.05, 0) is 18.9 Å². The van der Waals surface area contributed by atoms with Gasteiger partial charge in [0.25, 0.3) is 5.91 Å². The first-order valence-corrected chi connectivity index (χ1v) is 6.00. The van der Waals surface area contributed by atoms with Gasteiger partial charge in [-0.25, -0.2) is 0 Å². The number of hydrogen-bond donors (Lipinski definition) is 1. The molecule has 0 aromatic carbocycles. The van der Waals surface area contributed by atoms with E-state index in [9.17, 15) is 4.79 Å². The molecule has 0 spiro atoms. The van der Waals surface area contributed by atoms with Crippen LogP contribution < -0.4 is 5.73 Å². The van der Waals surface area contributed by atoms with E-state index in [0.29, 0.717) is 25.3 Å². The van der Waals surface area contributed by atoms with Crippen LogP contribution in [0.1, 0.15) is 31.3 Å². The maximum Gasteiger partial charge on any atom is 0.275 e. The van der Waals surface area contributed by atoms with Crippen molar-refractivity contribution in [2.45, 2.75) is 20.8 Å². The molecule has 1 aromatic rings. The van der Waals surface area contributed by atoms with Crippen LogP contribution in [0, 0.1) is 5.41 Å². The van der Waals surface area contributed by atoms with Crippen molar-refractivity contribution in [3.05, 3.63) is 11.9 Å². The lowest BCUT2D eigenvalue weighted by atomic mass is 9.93. The number of carbonyl (C=O) groups is 1. The van der Waals surface area contributed by atoms with Crippen LogP contribution in [0.3, 0.4) is 0 Å². The molecule has 16 heavy (non-hydrogen) atoms.